The van der Waals surface area contributed by atoms with Gasteiger partial charge in [-0.05, 0) is 12.8 Å². The Kier molecular flexibility index (Phi) is 4.27. The van der Waals surface area contributed by atoms with E-state index in [1.165, 1.54) is 19.5 Å². The van der Waals surface area contributed by atoms with Crippen molar-refractivity contribution in [1.82, 2.24) is 14.9 Å². The Hall–Kier alpha value is -2.18. The topological polar surface area (TPSA) is 84.4 Å². The van der Waals surface area contributed by atoms with E-state index < -0.39 is 5.97 Å². The predicted molar refractivity (Wildman–Crippen MR) is 67.7 cm³/mol. The van der Waals surface area contributed by atoms with Crippen molar-refractivity contribution in [3.63, 3.8) is 0 Å². The molecule has 7 nitrogen and oxygen atoms in total. The van der Waals surface area contributed by atoms with Crippen molar-refractivity contribution in [2.24, 2.45) is 0 Å². The first-order chi connectivity index (χ1) is 9.20. The van der Waals surface area contributed by atoms with Crippen molar-refractivity contribution in [1.29, 1.82) is 0 Å². The SMILES string of the molecule is COC(=O)c1cnc(NCC(=O)N2CCCC2)cn1. The van der Waals surface area contributed by atoms with E-state index >= 15 is 0 Å². The first-order valence-corrected chi connectivity index (χ1v) is 6.12. The van der Waals surface area contributed by atoms with E-state index in [1.54, 1.807) is 0 Å². The van der Waals surface area contributed by atoms with Crippen LogP contribution in [0.5, 0.6) is 0 Å². The molecule has 1 fully saturated rings. The number of ether oxygens (including phenoxy) is 1. The molecular formula is C12H16N4O3. The quantitative estimate of drug-likeness (QED) is 0.787. The van der Waals surface area contributed by atoms with Gasteiger partial charge in [0.15, 0.2) is 5.69 Å². The van der Waals surface area contributed by atoms with Crippen LogP contribution in [0.4, 0.5) is 5.82 Å². The van der Waals surface area contributed by atoms with Gasteiger partial charge in [0.2, 0.25) is 5.91 Å². The van der Waals surface area contributed by atoms with Gasteiger partial charge in [-0.25, -0.2) is 14.8 Å². The molecule has 0 bridgehead atoms. The molecule has 0 aromatic carbocycles. The molecule has 19 heavy (non-hydrogen) atoms. The summed E-state index contributed by atoms with van der Waals surface area (Å²) in [6.45, 7) is 1.84. The number of hydrogen-bond acceptors (Lipinski definition) is 6. The predicted octanol–water partition coefficient (Wildman–Crippen LogP) is 0.297. The molecule has 0 unspecified atom stereocenters. The number of nitrogens with one attached hydrogen (secondary N) is 1. The van der Waals surface area contributed by atoms with Crippen LogP contribution in [-0.4, -0.2) is 53.5 Å². The van der Waals surface area contributed by atoms with Gasteiger partial charge >= 0.3 is 5.97 Å². The van der Waals surface area contributed by atoms with Crippen LogP contribution < -0.4 is 5.32 Å². The minimum atomic E-state index is -0.535. The number of methoxy groups -OCH3 is 1. The lowest BCUT2D eigenvalue weighted by atomic mass is 10.4. The molecule has 1 aliphatic heterocycles. The normalized spacial score (nSPS) is 14.3. The highest BCUT2D eigenvalue weighted by molar-refractivity contribution is 5.86. The van der Waals surface area contributed by atoms with Crippen molar-refractivity contribution in [2.75, 3.05) is 32.1 Å². The van der Waals surface area contributed by atoms with Crippen LogP contribution in [0.1, 0.15) is 23.3 Å². The van der Waals surface area contributed by atoms with E-state index in [-0.39, 0.29) is 18.1 Å². The number of likely N-dealkylation sites (tertiary alicyclic amines) is 1. The maximum absolute atomic E-state index is 11.8. The van der Waals surface area contributed by atoms with Gasteiger partial charge in [-0.1, -0.05) is 0 Å². The van der Waals surface area contributed by atoms with Gasteiger partial charge in [0.1, 0.15) is 5.82 Å². The summed E-state index contributed by atoms with van der Waals surface area (Å²) < 4.78 is 4.52. The molecule has 0 spiro atoms. The number of hydrogen-bond donors (Lipinski definition) is 1. The molecule has 1 saturated heterocycles. The minimum Gasteiger partial charge on any atom is -0.464 e. The summed E-state index contributed by atoms with van der Waals surface area (Å²) in [5, 5.41) is 2.89. The van der Waals surface area contributed by atoms with Gasteiger partial charge in [0, 0.05) is 13.1 Å². The summed E-state index contributed by atoms with van der Waals surface area (Å²) in [6.07, 6.45) is 4.86. The fourth-order valence-corrected chi connectivity index (χ4v) is 1.87. The van der Waals surface area contributed by atoms with Gasteiger partial charge in [0.25, 0.3) is 0 Å². The second kappa shape index (κ2) is 6.12. The van der Waals surface area contributed by atoms with E-state index in [0.717, 1.165) is 25.9 Å². The summed E-state index contributed by atoms with van der Waals surface area (Å²) in [5.41, 5.74) is 0.138. The molecule has 1 aromatic rings. The van der Waals surface area contributed by atoms with Crippen molar-refractivity contribution < 1.29 is 14.3 Å². The largest absolute Gasteiger partial charge is 0.464 e. The molecule has 0 radical (unpaired) electrons. The number of esters is 1. The van der Waals surface area contributed by atoms with Crippen LogP contribution in [0.2, 0.25) is 0 Å². The lowest BCUT2D eigenvalue weighted by Gasteiger charge is -2.15. The van der Waals surface area contributed by atoms with Crippen LogP contribution in [0.15, 0.2) is 12.4 Å². The zero-order chi connectivity index (χ0) is 13.7. The van der Waals surface area contributed by atoms with E-state index in [2.05, 4.69) is 20.0 Å². The Morgan fingerprint density at radius 3 is 2.63 bits per heavy atom. The third-order valence-electron chi connectivity index (χ3n) is 2.93. The molecule has 1 amide bonds. The van der Waals surface area contributed by atoms with Crippen molar-refractivity contribution >= 4 is 17.7 Å². The monoisotopic (exact) mass is 264 g/mol. The average molecular weight is 264 g/mol. The molecule has 0 aliphatic carbocycles. The number of carbonyl (C=O) groups excluding carboxylic acids is 2. The summed E-state index contributed by atoms with van der Waals surface area (Å²) >= 11 is 0. The summed E-state index contributed by atoms with van der Waals surface area (Å²) in [6, 6.07) is 0. The Bertz CT molecular complexity index is 455. The average Bonchev–Trinajstić information content (AvgIpc) is 2.98. The maximum atomic E-state index is 11.8. The van der Waals surface area contributed by atoms with Gasteiger partial charge in [-0.3, -0.25) is 4.79 Å². The smallest absolute Gasteiger partial charge is 0.358 e. The van der Waals surface area contributed by atoms with Crippen LogP contribution >= 0.6 is 0 Å². The van der Waals surface area contributed by atoms with Crippen molar-refractivity contribution in [3.8, 4) is 0 Å². The molecule has 7 heteroatoms. The Balaban J connectivity index is 1.85. The molecule has 0 atom stereocenters. The molecule has 2 rings (SSSR count). The second-order valence-corrected chi connectivity index (χ2v) is 4.22. The van der Waals surface area contributed by atoms with E-state index in [4.69, 9.17) is 0 Å². The number of amides is 1. The summed E-state index contributed by atoms with van der Waals surface area (Å²) in [7, 11) is 1.28. The molecular weight excluding hydrogens is 248 g/mol. The van der Waals surface area contributed by atoms with E-state index in [0.29, 0.717) is 5.82 Å². The van der Waals surface area contributed by atoms with Crippen LogP contribution in [-0.2, 0) is 9.53 Å². The maximum Gasteiger partial charge on any atom is 0.358 e. The van der Waals surface area contributed by atoms with Gasteiger partial charge in [0.05, 0.1) is 26.0 Å². The number of rotatable bonds is 4. The van der Waals surface area contributed by atoms with E-state index in [9.17, 15) is 9.59 Å². The Morgan fingerprint density at radius 1 is 1.32 bits per heavy atom. The third kappa shape index (κ3) is 3.40. The number of aromatic nitrogens is 2. The fourth-order valence-electron chi connectivity index (χ4n) is 1.87. The Labute approximate surface area is 111 Å². The highest BCUT2D eigenvalue weighted by atomic mass is 16.5. The first-order valence-electron chi connectivity index (χ1n) is 6.12. The number of carbonyl (C=O) groups is 2. The highest BCUT2D eigenvalue weighted by Crippen LogP contribution is 2.08. The molecule has 102 valence electrons. The molecule has 1 aromatic heterocycles. The van der Waals surface area contributed by atoms with Gasteiger partial charge in [-0.15, -0.1) is 0 Å². The fraction of sp³-hybridized carbons (Fsp3) is 0.500. The zero-order valence-corrected chi connectivity index (χ0v) is 10.8. The molecule has 0 saturated carbocycles. The molecule has 1 N–H and O–H groups in total. The van der Waals surface area contributed by atoms with Gasteiger partial charge in [-0.2, -0.15) is 0 Å². The summed E-state index contributed by atoms with van der Waals surface area (Å²) in [4.78, 5) is 32.7. The summed E-state index contributed by atoms with van der Waals surface area (Å²) in [5.74, 6) is -0.0243. The Morgan fingerprint density at radius 2 is 2.05 bits per heavy atom. The standard InChI is InChI=1S/C12H16N4O3/c1-19-12(18)9-6-14-10(7-13-9)15-8-11(17)16-4-2-3-5-16/h6-7H,2-5,8H2,1H3,(H,14,15). The van der Waals surface area contributed by atoms with Gasteiger partial charge < -0.3 is 15.0 Å². The zero-order valence-electron chi connectivity index (χ0n) is 10.8. The van der Waals surface area contributed by atoms with Crippen LogP contribution in [0.3, 0.4) is 0 Å². The van der Waals surface area contributed by atoms with Crippen LogP contribution in [0, 0.1) is 0 Å². The minimum absolute atomic E-state index is 0.0522. The van der Waals surface area contributed by atoms with Crippen LogP contribution in [0.25, 0.3) is 0 Å². The lowest BCUT2D eigenvalue weighted by Crippen LogP contribution is -2.33. The van der Waals surface area contributed by atoms with E-state index in [1.807, 2.05) is 4.90 Å². The third-order valence-corrected chi connectivity index (χ3v) is 2.93. The highest BCUT2D eigenvalue weighted by Gasteiger charge is 2.17. The second-order valence-electron chi connectivity index (χ2n) is 4.22. The number of nitrogens with zero attached hydrogens (tertiary/aromatic N) is 3. The first kappa shape index (κ1) is 13.3. The number of anilines is 1. The van der Waals surface area contributed by atoms with Crippen molar-refractivity contribution in [2.45, 2.75) is 12.8 Å². The van der Waals surface area contributed by atoms with Crippen molar-refractivity contribution in [3.05, 3.63) is 18.1 Å². The lowest BCUT2D eigenvalue weighted by molar-refractivity contribution is -0.128. The molecule has 1 aliphatic rings. The molecule has 2 heterocycles.